The molecule has 0 fully saturated rings. The first kappa shape index (κ1) is 14.2. The number of nitrogens with zero attached hydrogens (tertiary/aromatic N) is 3. The van der Waals surface area contributed by atoms with Gasteiger partial charge < -0.3 is 0 Å². The second-order valence-electron chi connectivity index (χ2n) is 3.23. The highest BCUT2D eigenvalue weighted by atomic mass is 35.7. The minimum atomic E-state index is -4.94. The largest absolute Gasteiger partial charge is 0.409 e. The van der Waals surface area contributed by atoms with E-state index in [1.807, 2.05) is 31.4 Å². The van der Waals surface area contributed by atoms with E-state index in [1.165, 1.54) is 0 Å². The molecule has 9 heteroatoms. The van der Waals surface area contributed by atoms with E-state index >= 15 is 0 Å². The summed E-state index contributed by atoms with van der Waals surface area (Å²) < 4.78 is 35.9. The molecule has 2 aromatic heterocycles. The lowest BCUT2D eigenvalue weighted by Gasteiger charge is -2.17. The summed E-state index contributed by atoms with van der Waals surface area (Å²) in [6, 6.07) is 2.03. The monoisotopic (exact) mass is 279 g/mol. The van der Waals surface area contributed by atoms with Gasteiger partial charge in [-0.2, -0.15) is 0 Å². The molecule has 0 saturated carbocycles. The average molecular weight is 280 g/mol. The number of hydrogen-bond donors (Lipinski definition) is 0. The van der Waals surface area contributed by atoms with Gasteiger partial charge in [0.15, 0.2) is 5.69 Å². The summed E-state index contributed by atoms with van der Waals surface area (Å²) in [6.45, 7) is 6.04. The van der Waals surface area contributed by atoms with Crippen LogP contribution in [0.5, 0.6) is 0 Å². The molecule has 0 bridgehead atoms. The van der Waals surface area contributed by atoms with E-state index in [1.54, 1.807) is 11.3 Å². The van der Waals surface area contributed by atoms with E-state index in [0.717, 1.165) is 21.4 Å². The molecule has 0 aliphatic rings. The van der Waals surface area contributed by atoms with Crippen LogP contribution in [0.1, 0.15) is 16.4 Å². The molecule has 2 heterocycles. The molecular weight excluding hydrogens is 270 g/mol. The summed E-state index contributed by atoms with van der Waals surface area (Å²) in [5.41, 5.74) is 2.19. The molecule has 0 aliphatic heterocycles. The average Bonchev–Trinajstić information content (AvgIpc) is 2.42. The second-order valence-corrected chi connectivity index (χ2v) is 5.15. The van der Waals surface area contributed by atoms with Crippen molar-refractivity contribution >= 4 is 16.3 Å². The minimum Gasteiger partial charge on any atom is -0.222 e. The first-order valence-corrected chi connectivity index (χ1v) is 6.47. The van der Waals surface area contributed by atoms with Gasteiger partial charge in [0.1, 0.15) is 10.7 Å². The highest BCUT2D eigenvalue weighted by Crippen LogP contribution is 2.07. The molecule has 0 saturated heterocycles. The summed E-state index contributed by atoms with van der Waals surface area (Å²) in [5.74, 6) is 0. The van der Waals surface area contributed by atoms with Crippen LogP contribution < -0.4 is 23.2 Å². The zero-order chi connectivity index (χ0) is 13.2. The fraction of sp³-hybridized carbons (Fsp3) is 0.375. The van der Waals surface area contributed by atoms with Gasteiger partial charge in [-0.3, -0.25) is 0 Å². The summed E-state index contributed by atoms with van der Waals surface area (Å²) in [4.78, 5) is 5.35. The van der Waals surface area contributed by atoms with E-state index < -0.39 is 10.2 Å². The maximum atomic E-state index is 8.49. The lowest BCUT2D eigenvalue weighted by molar-refractivity contribution is -2.00. The van der Waals surface area contributed by atoms with E-state index in [-0.39, 0.29) is 0 Å². The van der Waals surface area contributed by atoms with Crippen molar-refractivity contribution in [3.05, 3.63) is 22.5 Å². The Bertz CT molecular complexity index is 519. The predicted molar refractivity (Wildman–Crippen MR) is 47.3 cm³/mol. The van der Waals surface area contributed by atoms with Crippen LogP contribution in [0.4, 0.5) is 0 Å². The zero-order valence-electron chi connectivity index (χ0n) is 9.34. The quantitative estimate of drug-likeness (QED) is 0.460. The number of halogens is 1. The number of aryl methyl sites for hydroxylation is 3. The Hall–Kier alpha value is -0.900. The Labute approximate surface area is 103 Å². The maximum absolute atomic E-state index is 8.49. The molecule has 0 aliphatic carbocycles. The van der Waals surface area contributed by atoms with Crippen LogP contribution in [0.15, 0.2) is 6.07 Å². The van der Waals surface area contributed by atoms with E-state index in [9.17, 15) is 0 Å². The molecule has 94 valence electrons. The lowest BCUT2D eigenvalue weighted by atomic mass is 10.4. The molecule has 0 atom stereocenters. The standard InChI is InChI=1S/C8H10N3S.ClHO4/c1-5-4-6(2)11-8(9-5)12-7(3)10-11;2-1(3,4)5/h4H,1-3H3;(H,2,3,4,5)/q+1;/p-1. The van der Waals surface area contributed by atoms with Crippen LogP contribution in [0.2, 0.25) is 0 Å². The van der Waals surface area contributed by atoms with Gasteiger partial charge in [0.05, 0.1) is 0 Å². The highest BCUT2D eigenvalue weighted by molar-refractivity contribution is 7.16. The molecule has 0 spiro atoms. The van der Waals surface area contributed by atoms with Gasteiger partial charge in [-0.05, 0) is 23.2 Å². The van der Waals surface area contributed by atoms with Gasteiger partial charge in [0.2, 0.25) is 0 Å². The van der Waals surface area contributed by atoms with Gasteiger partial charge in [-0.15, -0.1) is 10.2 Å². The summed E-state index contributed by atoms with van der Waals surface area (Å²) >= 11 is 1.62. The summed E-state index contributed by atoms with van der Waals surface area (Å²) in [5, 5.41) is 5.38. The van der Waals surface area contributed by atoms with Crippen LogP contribution in [0.3, 0.4) is 0 Å². The smallest absolute Gasteiger partial charge is 0.222 e. The molecule has 2 rings (SSSR count). The Kier molecular flexibility index (Phi) is 4.31. The number of hydrogen-bond acceptors (Lipinski definition) is 7. The molecule has 2 aromatic rings. The van der Waals surface area contributed by atoms with E-state index in [4.69, 9.17) is 18.6 Å². The Balaban J connectivity index is 0.000000249. The number of fused-ring (bicyclic) bond motifs is 1. The van der Waals surface area contributed by atoms with E-state index in [0.29, 0.717) is 0 Å². The fourth-order valence-electron chi connectivity index (χ4n) is 1.23. The lowest BCUT2D eigenvalue weighted by Crippen LogP contribution is -2.68. The van der Waals surface area contributed by atoms with Crippen molar-refractivity contribution in [1.82, 2.24) is 10.1 Å². The van der Waals surface area contributed by atoms with E-state index in [2.05, 4.69) is 10.1 Å². The molecule has 0 radical (unpaired) electrons. The van der Waals surface area contributed by atoms with Gasteiger partial charge in [-0.1, -0.05) is 9.61 Å². The molecular formula is C8H10ClN3O4S. The molecule has 0 aromatic carbocycles. The number of rotatable bonds is 0. The third-order valence-corrected chi connectivity index (χ3v) is 2.51. The topological polar surface area (TPSA) is 122 Å². The molecule has 7 nitrogen and oxygen atoms in total. The van der Waals surface area contributed by atoms with Crippen LogP contribution in [-0.2, 0) is 0 Å². The first-order valence-electron chi connectivity index (χ1n) is 4.42. The first-order chi connectivity index (χ1) is 7.66. The fourth-order valence-corrected chi connectivity index (χ4v) is 2.07. The minimum absolute atomic E-state index is 0.977. The van der Waals surface area contributed by atoms with Gasteiger partial charge in [0, 0.05) is 19.9 Å². The van der Waals surface area contributed by atoms with Crippen molar-refractivity contribution in [2.24, 2.45) is 0 Å². The van der Waals surface area contributed by atoms with Crippen LogP contribution >= 0.6 is 11.3 Å². The highest BCUT2D eigenvalue weighted by Gasteiger charge is 2.13. The van der Waals surface area contributed by atoms with Crippen LogP contribution in [0.25, 0.3) is 4.96 Å². The van der Waals surface area contributed by atoms with Crippen molar-refractivity contribution in [2.45, 2.75) is 20.8 Å². The van der Waals surface area contributed by atoms with Crippen molar-refractivity contribution in [1.29, 1.82) is 0 Å². The Morgan fingerprint density at radius 3 is 2.24 bits per heavy atom. The maximum Gasteiger partial charge on any atom is 0.409 e. The van der Waals surface area contributed by atoms with Gasteiger partial charge in [-0.25, -0.2) is 18.6 Å². The third-order valence-electron chi connectivity index (χ3n) is 1.68. The predicted octanol–water partition coefficient (Wildman–Crippen LogP) is -3.55. The van der Waals surface area contributed by atoms with Crippen molar-refractivity contribution in [3.8, 4) is 0 Å². The summed E-state index contributed by atoms with van der Waals surface area (Å²) in [6.07, 6.45) is 0. The third kappa shape index (κ3) is 4.86. The molecule has 0 unspecified atom stereocenters. The summed E-state index contributed by atoms with van der Waals surface area (Å²) in [7, 11) is -4.94. The van der Waals surface area contributed by atoms with Crippen molar-refractivity contribution in [3.63, 3.8) is 0 Å². The molecule has 17 heavy (non-hydrogen) atoms. The van der Waals surface area contributed by atoms with Crippen LogP contribution in [0, 0.1) is 31.0 Å². The van der Waals surface area contributed by atoms with Crippen LogP contribution in [-0.4, -0.2) is 10.1 Å². The zero-order valence-corrected chi connectivity index (χ0v) is 10.9. The second kappa shape index (κ2) is 5.17. The van der Waals surface area contributed by atoms with Gasteiger partial charge in [0.25, 0.3) is 0 Å². The Morgan fingerprint density at radius 2 is 1.71 bits per heavy atom. The van der Waals surface area contributed by atoms with Crippen molar-refractivity contribution in [2.75, 3.05) is 0 Å². The molecule has 0 N–H and O–H groups in total. The molecule has 0 amide bonds. The Morgan fingerprint density at radius 1 is 1.18 bits per heavy atom. The van der Waals surface area contributed by atoms with Crippen molar-refractivity contribution < 1.29 is 33.4 Å². The number of aromatic nitrogens is 3. The van der Waals surface area contributed by atoms with Gasteiger partial charge >= 0.3 is 4.96 Å². The SMILES string of the molecule is Cc1cc(C)[n+]2nc(C)sc2n1.[O-][Cl+3]([O-])([O-])[O-]. The normalized spacial score (nSPS) is 11.2.